The minimum atomic E-state index is -4.81. The van der Waals surface area contributed by atoms with Crippen molar-refractivity contribution in [2.75, 3.05) is 0 Å². The van der Waals surface area contributed by atoms with Crippen LogP contribution >= 0.6 is 27.5 Å². The Balaban J connectivity index is 2.11. The molecule has 0 aliphatic carbocycles. The second-order valence-corrected chi connectivity index (χ2v) is 7.16. The van der Waals surface area contributed by atoms with Crippen molar-refractivity contribution in [3.63, 3.8) is 0 Å². The van der Waals surface area contributed by atoms with Crippen LogP contribution in [0.4, 0.5) is 17.6 Å². The molecule has 158 valence electrons. The van der Waals surface area contributed by atoms with Crippen LogP contribution in [0.5, 0.6) is 11.5 Å². The molecule has 0 unspecified atom stereocenters. The van der Waals surface area contributed by atoms with Crippen LogP contribution in [0.15, 0.2) is 49.2 Å². The Kier molecular flexibility index (Phi) is 5.65. The third-order valence-electron chi connectivity index (χ3n) is 3.90. The minimum absolute atomic E-state index is 0.0715. The van der Waals surface area contributed by atoms with E-state index in [1.54, 1.807) is 0 Å². The molecule has 3 rings (SSSR count). The van der Waals surface area contributed by atoms with Gasteiger partial charge in [-0.15, -0.1) is 0 Å². The van der Waals surface area contributed by atoms with Gasteiger partial charge in [-0.1, -0.05) is 11.6 Å². The number of nitrogens with one attached hydrogen (secondary N) is 1. The van der Waals surface area contributed by atoms with Crippen molar-refractivity contribution < 1.29 is 22.3 Å². The summed E-state index contributed by atoms with van der Waals surface area (Å²) in [6.07, 6.45) is -4.81. The Morgan fingerprint density at radius 1 is 1.10 bits per heavy atom. The van der Waals surface area contributed by atoms with Crippen molar-refractivity contribution in [3.8, 4) is 17.2 Å². The first-order valence-corrected chi connectivity index (χ1v) is 9.03. The van der Waals surface area contributed by atoms with Crippen LogP contribution in [0.1, 0.15) is 5.56 Å². The normalized spacial score (nSPS) is 11.6. The maximum Gasteiger partial charge on any atom is 0.416 e. The smallest absolute Gasteiger partial charge is 0.416 e. The summed E-state index contributed by atoms with van der Waals surface area (Å²) in [5.74, 6) is -2.19. The molecule has 0 spiro atoms. The molecule has 0 saturated carbocycles. The topological polar surface area (TPSA) is 86.1 Å². The van der Waals surface area contributed by atoms with Crippen LogP contribution in [0, 0.1) is 5.82 Å². The number of aromatic nitrogens is 3. The zero-order valence-electron chi connectivity index (χ0n) is 14.7. The summed E-state index contributed by atoms with van der Waals surface area (Å²) in [7, 11) is 1.14. The van der Waals surface area contributed by atoms with Gasteiger partial charge >= 0.3 is 23.2 Å². The highest BCUT2D eigenvalue weighted by molar-refractivity contribution is 9.10. The third kappa shape index (κ3) is 4.05. The Bertz CT molecular complexity index is 1310. The lowest BCUT2D eigenvalue weighted by Crippen LogP contribution is -2.47. The van der Waals surface area contributed by atoms with Crippen LogP contribution < -0.4 is 21.8 Å². The summed E-state index contributed by atoms with van der Waals surface area (Å²) in [6.45, 7) is 0. The quantitative estimate of drug-likeness (QED) is 0.546. The molecule has 0 saturated heterocycles. The van der Waals surface area contributed by atoms with Gasteiger partial charge in [-0.3, -0.25) is 4.98 Å². The van der Waals surface area contributed by atoms with Gasteiger partial charge in [-0.25, -0.2) is 27.9 Å². The first-order chi connectivity index (χ1) is 13.9. The highest BCUT2D eigenvalue weighted by Gasteiger charge is 2.32. The Morgan fingerprint density at radius 2 is 1.77 bits per heavy atom. The van der Waals surface area contributed by atoms with E-state index in [1.807, 2.05) is 4.98 Å². The Hall–Kier alpha value is -2.86. The fourth-order valence-electron chi connectivity index (χ4n) is 2.43. The monoisotopic (exact) mass is 509 g/mol. The van der Waals surface area contributed by atoms with Crippen molar-refractivity contribution in [3.05, 3.63) is 82.7 Å². The van der Waals surface area contributed by atoms with E-state index in [4.69, 9.17) is 16.3 Å². The van der Waals surface area contributed by atoms with Gasteiger partial charge in [0.15, 0.2) is 11.6 Å². The molecule has 0 amide bonds. The van der Waals surface area contributed by atoms with Crippen molar-refractivity contribution in [1.82, 2.24) is 14.1 Å². The molecule has 30 heavy (non-hydrogen) atoms. The zero-order valence-corrected chi connectivity index (χ0v) is 17.0. The van der Waals surface area contributed by atoms with E-state index in [0.717, 1.165) is 13.1 Å². The number of hydrogen-bond acceptors (Lipinski definition) is 4. The summed E-state index contributed by atoms with van der Waals surface area (Å²) < 4.78 is 59.3. The number of ether oxygens (including phenoxy) is 1. The average Bonchev–Trinajstić information content (AvgIpc) is 2.64. The van der Waals surface area contributed by atoms with Gasteiger partial charge in [0.1, 0.15) is 5.75 Å². The first-order valence-electron chi connectivity index (χ1n) is 7.86. The molecule has 0 bridgehead atoms. The average molecular weight is 511 g/mol. The van der Waals surface area contributed by atoms with Gasteiger partial charge < -0.3 is 4.74 Å². The maximum atomic E-state index is 14.2. The largest absolute Gasteiger partial charge is 0.453 e. The molecule has 13 heteroatoms. The predicted octanol–water partition coefficient (Wildman–Crippen LogP) is 3.59. The maximum absolute atomic E-state index is 14.2. The van der Waals surface area contributed by atoms with Gasteiger partial charge in [-0.2, -0.15) is 13.2 Å². The lowest BCUT2D eigenvalue weighted by molar-refractivity contribution is -0.137. The minimum Gasteiger partial charge on any atom is -0.453 e. The van der Waals surface area contributed by atoms with Crippen molar-refractivity contribution >= 4 is 27.5 Å². The fraction of sp³-hybridized carbons (Fsp3) is 0.118. The number of H-pyrrole nitrogens is 1. The van der Waals surface area contributed by atoms with Crippen LogP contribution in [0.2, 0.25) is 5.02 Å². The predicted molar refractivity (Wildman–Crippen MR) is 102 cm³/mol. The second-order valence-electron chi connectivity index (χ2n) is 5.89. The van der Waals surface area contributed by atoms with E-state index in [-0.39, 0.29) is 22.0 Å². The van der Waals surface area contributed by atoms with E-state index >= 15 is 0 Å². The molecule has 0 aliphatic heterocycles. The number of benzene rings is 2. The summed E-state index contributed by atoms with van der Waals surface area (Å²) >= 11 is 8.89. The second kappa shape index (κ2) is 7.76. The van der Waals surface area contributed by atoms with Crippen LogP contribution in [-0.2, 0) is 13.2 Å². The molecular formula is C17H9BrClF4N3O4. The Labute approximate surface area is 177 Å². The van der Waals surface area contributed by atoms with Crippen molar-refractivity contribution in [2.24, 2.45) is 7.05 Å². The molecule has 3 aromatic rings. The molecule has 1 heterocycles. The molecule has 2 aromatic carbocycles. The van der Waals surface area contributed by atoms with Gasteiger partial charge in [0.2, 0.25) is 0 Å². The van der Waals surface area contributed by atoms with Crippen molar-refractivity contribution in [1.29, 1.82) is 0 Å². The van der Waals surface area contributed by atoms with Crippen LogP contribution in [-0.4, -0.2) is 14.1 Å². The number of hydrogen-bond donors (Lipinski definition) is 1. The highest BCUT2D eigenvalue weighted by atomic mass is 79.9. The summed E-state index contributed by atoms with van der Waals surface area (Å²) in [4.78, 5) is 37.9. The van der Waals surface area contributed by atoms with Gasteiger partial charge in [0.25, 0.3) is 0 Å². The number of nitrogens with zero attached hydrogens (tertiary/aromatic N) is 2. The summed E-state index contributed by atoms with van der Waals surface area (Å²) in [6, 6.07) is 4.50. The standard InChI is InChI=1S/C17H9BrClF4N3O4/c1-25-14(27)24-15(28)26(16(25)29)12-6-8(2-3-9(12)18)30-13-10(19)4-7(5-11(13)20)17(21,22)23/h2-6H,1H3,(H,24,27,28). The SMILES string of the molecule is Cn1c(=O)[nH]c(=O)n(-c2cc(Oc3c(F)cc(C(F)(F)F)cc3Cl)ccc2Br)c1=O. The van der Waals surface area contributed by atoms with E-state index in [2.05, 4.69) is 15.9 Å². The molecule has 1 N–H and O–H groups in total. The van der Waals surface area contributed by atoms with Crippen molar-refractivity contribution in [2.45, 2.75) is 6.18 Å². The Morgan fingerprint density at radius 3 is 2.37 bits per heavy atom. The molecule has 1 aromatic heterocycles. The number of rotatable bonds is 3. The van der Waals surface area contributed by atoms with E-state index in [9.17, 15) is 31.9 Å². The highest BCUT2D eigenvalue weighted by Crippen LogP contribution is 2.39. The number of alkyl halides is 3. The first kappa shape index (κ1) is 21.8. The molecule has 0 radical (unpaired) electrons. The lowest BCUT2D eigenvalue weighted by Gasteiger charge is -2.14. The lowest BCUT2D eigenvalue weighted by atomic mass is 10.2. The summed E-state index contributed by atoms with van der Waals surface area (Å²) in [5, 5.41) is -0.635. The number of aromatic amines is 1. The van der Waals surface area contributed by atoms with Crippen LogP contribution in [0.25, 0.3) is 5.69 Å². The van der Waals surface area contributed by atoms with E-state index in [0.29, 0.717) is 15.2 Å². The molecular weight excluding hydrogens is 502 g/mol. The molecule has 7 nitrogen and oxygen atoms in total. The van der Waals surface area contributed by atoms with Gasteiger partial charge in [-0.05, 0) is 40.2 Å². The molecule has 0 aliphatic rings. The molecule has 0 atom stereocenters. The zero-order chi connectivity index (χ0) is 22.4. The van der Waals surface area contributed by atoms with Crippen LogP contribution in [0.3, 0.4) is 0 Å². The number of halogens is 6. The molecule has 0 fully saturated rings. The van der Waals surface area contributed by atoms with E-state index < -0.39 is 45.4 Å². The van der Waals surface area contributed by atoms with Gasteiger partial charge in [0, 0.05) is 17.6 Å². The van der Waals surface area contributed by atoms with E-state index in [1.165, 1.54) is 12.1 Å². The third-order valence-corrected chi connectivity index (χ3v) is 4.86. The van der Waals surface area contributed by atoms with Gasteiger partial charge in [0.05, 0.1) is 16.3 Å². The summed E-state index contributed by atoms with van der Waals surface area (Å²) in [5.41, 5.74) is -4.31. The fourth-order valence-corrected chi connectivity index (χ4v) is 3.10.